The van der Waals surface area contributed by atoms with Crippen LogP contribution in [-0.4, -0.2) is 24.4 Å². The fourth-order valence-electron chi connectivity index (χ4n) is 10.0. The van der Waals surface area contributed by atoms with E-state index in [4.69, 9.17) is 9.47 Å². The van der Waals surface area contributed by atoms with Crippen LogP contribution in [0.5, 0.6) is 0 Å². The van der Waals surface area contributed by atoms with Gasteiger partial charge in [-0.25, -0.2) is 0 Å². The molecule has 0 aromatic rings. The fraction of sp³-hybridized carbons (Fsp3) is 1.00. The number of fused-ring (bicyclic) bond motifs is 4. The number of hydrogen-bond acceptors (Lipinski definition) is 2. The van der Waals surface area contributed by atoms with Crippen LogP contribution >= 0.6 is 0 Å². The fourth-order valence-corrected chi connectivity index (χ4v) is 10.0. The van der Waals surface area contributed by atoms with E-state index in [1.807, 2.05) is 0 Å². The van der Waals surface area contributed by atoms with Crippen LogP contribution < -0.4 is 0 Å². The van der Waals surface area contributed by atoms with Gasteiger partial charge in [-0.2, -0.15) is 0 Å². The summed E-state index contributed by atoms with van der Waals surface area (Å²) in [4.78, 5) is 0. The Morgan fingerprint density at radius 2 is 0.950 bits per heavy atom. The Balaban J connectivity index is 1.43. The van der Waals surface area contributed by atoms with Crippen LogP contribution in [-0.2, 0) is 9.47 Å². The summed E-state index contributed by atoms with van der Waals surface area (Å²) in [5, 5.41) is 0. The third-order valence-corrected chi connectivity index (χ3v) is 9.70. The SMILES string of the molecule is C1C[C@@H]2O[C@H]3[C@H]4[C@@H]5[C@H]6[C@@H]7[C@@H](O[C@@H]8CC[C@@H]([C@@H]36)[C@@H]78)[C@H]5[C@@H]1[C@H]42. The molecule has 2 heterocycles. The van der Waals surface area contributed by atoms with E-state index in [0.717, 1.165) is 59.2 Å². The van der Waals surface area contributed by atoms with Crippen molar-refractivity contribution in [3.63, 3.8) is 0 Å². The maximum atomic E-state index is 6.71. The largest absolute Gasteiger partial charge is 0.374 e. The molecule has 8 rings (SSSR count). The van der Waals surface area contributed by atoms with Gasteiger partial charge in [-0.3, -0.25) is 0 Å². The zero-order valence-electron chi connectivity index (χ0n) is 11.7. The summed E-state index contributed by atoms with van der Waals surface area (Å²) in [6.45, 7) is 0. The van der Waals surface area contributed by atoms with E-state index >= 15 is 0 Å². The first-order valence-corrected chi connectivity index (χ1v) is 9.24. The van der Waals surface area contributed by atoms with Crippen molar-refractivity contribution in [3.05, 3.63) is 0 Å². The summed E-state index contributed by atoms with van der Waals surface area (Å²) in [6, 6.07) is 0. The van der Waals surface area contributed by atoms with Crippen molar-refractivity contribution in [2.24, 2.45) is 59.2 Å². The Morgan fingerprint density at radius 3 is 1.45 bits per heavy atom. The monoisotopic (exact) mass is 270 g/mol. The van der Waals surface area contributed by atoms with Crippen molar-refractivity contribution >= 4 is 0 Å². The van der Waals surface area contributed by atoms with Crippen molar-refractivity contribution in [2.75, 3.05) is 0 Å². The predicted molar refractivity (Wildman–Crippen MR) is 70.7 cm³/mol. The Labute approximate surface area is 119 Å². The minimum absolute atomic E-state index is 0.663. The second-order valence-electron chi connectivity index (χ2n) is 9.38. The van der Waals surface area contributed by atoms with E-state index in [2.05, 4.69) is 0 Å². The first kappa shape index (κ1) is 9.84. The molecule has 2 saturated heterocycles. The quantitative estimate of drug-likeness (QED) is 0.672. The molecule has 0 aromatic carbocycles. The standard InChI is InChI=1S/C18H22O2/c1-3-7-9-5(1)11-13-14-12(18(19-7)15(9)13)6-2-4-8-10(6)16(14)17(11)20-8/h5-18H,1-4H2/t5-,6+,7-,8+,9-,10+,11-,12+,13-,14-,15+,16+,17-,18+/m0/s1. The molecule has 0 spiro atoms. The molecule has 0 N–H and O–H groups in total. The third-order valence-electron chi connectivity index (χ3n) is 9.70. The Morgan fingerprint density at radius 1 is 0.450 bits per heavy atom. The normalized spacial score (nSPS) is 82.8. The molecule has 20 heavy (non-hydrogen) atoms. The van der Waals surface area contributed by atoms with Crippen molar-refractivity contribution in [1.82, 2.24) is 0 Å². The van der Waals surface area contributed by atoms with E-state index < -0.39 is 0 Å². The first-order valence-electron chi connectivity index (χ1n) is 9.24. The van der Waals surface area contributed by atoms with Crippen LogP contribution in [0.15, 0.2) is 0 Å². The van der Waals surface area contributed by atoms with Crippen LogP contribution in [0.1, 0.15) is 25.7 Å². The van der Waals surface area contributed by atoms with Crippen LogP contribution in [0.4, 0.5) is 0 Å². The molecule has 6 aliphatic carbocycles. The highest BCUT2D eigenvalue weighted by atomic mass is 16.5. The average molecular weight is 270 g/mol. The molecule has 6 saturated carbocycles. The second-order valence-corrected chi connectivity index (χ2v) is 9.38. The van der Waals surface area contributed by atoms with Gasteiger partial charge in [0.1, 0.15) is 0 Å². The highest BCUT2D eigenvalue weighted by Crippen LogP contribution is 2.81. The van der Waals surface area contributed by atoms with Gasteiger partial charge in [-0.15, -0.1) is 0 Å². The second kappa shape index (κ2) is 2.65. The first-order chi connectivity index (χ1) is 9.93. The highest BCUT2D eigenvalue weighted by molar-refractivity contribution is 5.29. The minimum atomic E-state index is 0.663. The summed E-state index contributed by atoms with van der Waals surface area (Å²) >= 11 is 0. The van der Waals surface area contributed by atoms with Crippen LogP contribution in [0.25, 0.3) is 0 Å². The summed E-state index contributed by atoms with van der Waals surface area (Å²) in [5.74, 6) is 9.86. The summed E-state index contributed by atoms with van der Waals surface area (Å²) in [7, 11) is 0. The van der Waals surface area contributed by atoms with Crippen molar-refractivity contribution in [1.29, 1.82) is 0 Å². The highest BCUT2D eigenvalue weighted by Gasteiger charge is 2.82. The van der Waals surface area contributed by atoms with Crippen LogP contribution in [0, 0.1) is 59.2 Å². The Bertz CT molecular complexity index is 494. The van der Waals surface area contributed by atoms with E-state index in [1.54, 1.807) is 0 Å². The minimum Gasteiger partial charge on any atom is -0.374 e. The van der Waals surface area contributed by atoms with Gasteiger partial charge in [0.15, 0.2) is 0 Å². The molecular formula is C18H22O2. The molecule has 0 bridgehead atoms. The molecule has 106 valence electrons. The van der Waals surface area contributed by atoms with Gasteiger partial charge in [-0.05, 0) is 84.9 Å². The topological polar surface area (TPSA) is 18.5 Å². The van der Waals surface area contributed by atoms with E-state index in [0.29, 0.717) is 24.4 Å². The summed E-state index contributed by atoms with van der Waals surface area (Å²) < 4.78 is 13.4. The zero-order valence-corrected chi connectivity index (χ0v) is 11.7. The molecule has 14 atom stereocenters. The maximum absolute atomic E-state index is 6.71. The maximum Gasteiger partial charge on any atom is 0.0647 e. The lowest BCUT2D eigenvalue weighted by molar-refractivity contribution is -0.0316. The summed E-state index contributed by atoms with van der Waals surface area (Å²) in [6.07, 6.45) is 8.39. The van der Waals surface area contributed by atoms with E-state index in [-0.39, 0.29) is 0 Å². The van der Waals surface area contributed by atoms with E-state index in [9.17, 15) is 0 Å². The Hall–Kier alpha value is -0.0800. The number of hydrogen-bond donors (Lipinski definition) is 0. The van der Waals surface area contributed by atoms with Crippen molar-refractivity contribution in [3.8, 4) is 0 Å². The Kier molecular flexibility index (Phi) is 1.30. The molecule has 2 heteroatoms. The van der Waals surface area contributed by atoms with Gasteiger partial charge >= 0.3 is 0 Å². The lowest BCUT2D eigenvalue weighted by Gasteiger charge is -2.25. The molecule has 2 aliphatic heterocycles. The average Bonchev–Trinajstić information content (AvgIpc) is 3.17. The molecule has 0 radical (unpaired) electrons. The zero-order chi connectivity index (χ0) is 12.3. The third kappa shape index (κ3) is 0.695. The van der Waals surface area contributed by atoms with Crippen LogP contribution in [0.3, 0.4) is 0 Å². The van der Waals surface area contributed by atoms with Crippen molar-refractivity contribution < 1.29 is 9.47 Å². The smallest absolute Gasteiger partial charge is 0.0647 e. The van der Waals surface area contributed by atoms with Gasteiger partial charge in [-0.1, -0.05) is 0 Å². The van der Waals surface area contributed by atoms with Crippen molar-refractivity contribution in [2.45, 2.75) is 50.1 Å². The summed E-state index contributed by atoms with van der Waals surface area (Å²) in [5.41, 5.74) is 0. The van der Waals surface area contributed by atoms with Gasteiger partial charge in [0, 0.05) is 0 Å². The van der Waals surface area contributed by atoms with Gasteiger partial charge in [0.2, 0.25) is 0 Å². The molecule has 8 fully saturated rings. The predicted octanol–water partition coefficient (Wildman–Crippen LogP) is 2.33. The number of ether oxygens (including phenoxy) is 2. The van der Waals surface area contributed by atoms with Crippen LogP contribution in [0.2, 0.25) is 0 Å². The molecule has 8 aliphatic rings. The molecular weight excluding hydrogens is 248 g/mol. The van der Waals surface area contributed by atoms with Gasteiger partial charge < -0.3 is 9.47 Å². The van der Waals surface area contributed by atoms with Gasteiger partial charge in [0.25, 0.3) is 0 Å². The molecule has 0 amide bonds. The van der Waals surface area contributed by atoms with E-state index in [1.165, 1.54) is 25.7 Å². The molecule has 0 unspecified atom stereocenters. The molecule has 2 nitrogen and oxygen atoms in total. The lowest BCUT2D eigenvalue weighted by atomic mass is 9.79. The molecule has 0 aromatic heterocycles. The number of rotatable bonds is 0. The lowest BCUT2D eigenvalue weighted by Crippen LogP contribution is -2.28. The van der Waals surface area contributed by atoms with Gasteiger partial charge in [0.05, 0.1) is 24.4 Å².